The molecule has 0 aliphatic carbocycles. The SMILES string of the molecule is C[C@H](O)C#CC#Cc1ccc(C(=O)NC(C(=O)NO)[C@@H](C)O)cc1. The van der Waals surface area contributed by atoms with E-state index in [-0.39, 0.29) is 5.56 Å². The molecule has 0 fully saturated rings. The first kappa shape index (κ1) is 19.2. The number of aliphatic hydroxyl groups is 2. The van der Waals surface area contributed by atoms with Crippen LogP contribution in [0.3, 0.4) is 0 Å². The first-order valence-electron chi connectivity index (χ1n) is 7.07. The molecule has 0 aromatic heterocycles. The van der Waals surface area contributed by atoms with E-state index in [1.54, 1.807) is 12.1 Å². The van der Waals surface area contributed by atoms with Crippen molar-refractivity contribution in [3.8, 4) is 23.7 Å². The van der Waals surface area contributed by atoms with E-state index in [1.807, 2.05) is 0 Å². The molecular formula is C17H18N2O5. The zero-order valence-corrected chi connectivity index (χ0v) is 13.2. The lowest BCUT2D eigenvalue weighted by Gasteiger charge is -2.19. The van der Waals surface area contributed by atoms with Gasteiger partial charge in [-0.3, -0.25) is 14.8 Å². The molecule has 0 saturated heterocycles. The smallest absolute Gasteiger partial charge is 0.268 e. The first-order valence-corrected chi connectivity index (χ1v) is 7.07. The van der Waals surface area contributed by atoms with Gasteiger partial charge in [-0.2, -0.15) is 0 Å². The number of benzene rings is 1. The molecule has 5 N–H and O–H groups in total. The minimum Gasteiger partial charge on any atom is -0.391 e. The van der Waals surface area contributed by atoms with Gasteiger partial charge in [0.2, 0.25) is 0 Å². The molecule has 7 nitrogen and oxygen atoms in total. The molecule has 0 saturated carbocycles. The van der Waals surface area contributed by atoms with Gasteiger partial charge in [0.1, 0.15) is 12.1 Å². The molecule has 7 heteroatoms. The van der Waals surface area contributed by atoms with E-state index in [0.29, 0.717) is 5.56 Å². The first-order chi connectivity index (χ1) is 11.3. The highest BCUT2D eigenvalue weighted by Crippen LogP contribution is 2.05. The summed E-state index contributed by atoms with van der Waals surface area (Å²) in [6, 6.07) is 4.90. The second-order valence-electron chi connectivity index (χ2n) is 4.94. The van der Waals surface area contributed by atoms with Crippen LogP contribution in [0.5, 0.6) is 0 Å². The number of carbonyl (C=O) groups excluding carboxylic acids is 2. The van der Waals surface area contributed by atoms with E-state index in [2.05, 4.69) is 29.0 Å². The predicted molar refractivity (Wildman–Crippen MR) is 85.6 cm³/mol. The number of carbonyl (C=O) groups is 2. The van der Waals surface area contributed by atoms with Gasteiger partial charge in [-0.25, -0.2) is 5.48 Å². The summed E-state index contributed by atoms with van der Waals surface area (Å²) < 4.78 is 0. The van der Waals surface area contributed by atoms with Crippen LogP contribution >= 0.6 is 0 Å². The molecule has 0 aliphatic rings. The summed E-state index contributed by atoms with van der Waals surface area (Å²) in [6.07, 6.45) is -1.93. The number of rotatable bonds is 4. The van der Waals surface area contributed by atoms with Crippen LogP contribution in [0.1, 0.15) is 29.8 Å². The summed E-state index contributed by atoms with van der Waals surface area (Å²) in [5.74, 6) is 8.78. The summed E-state index contributed by atoms with van der Waals surface area (Å²) in [5.41, 5.74) is 2.26. The Hall–Kier alpha value is -2.84. The van der Waals surface area contributed by atoms with Gasteiger partial charge >= 0.3 is 0 Å². The molecule has 24 heavy (non-hydrogen) atoms. The fourth-order valence-electron chi connectivity index (χ4n) is 1.65. The molecular weight excluding hydrogens is 312 g/mol. The number of aliphatic hydroxyl groups excluding tert-OH is 2. The van der Waals surface area contributed by atoms with Gasteiger partial charge in [0, 0.05) is 11.1 Å². The van der Waals surface area contributed by atoms with E-state index in [0.717, 1.165) is 0 Å². The Bertz CT molecular complexity index is 702. The van der Waals surface area contributed by atoms with Crippen LogP contribution < -0.4 is 10.8 Å². The molecule has 0 aliphatic heterocycles. The van der Waals surface area contributed by atoms with Gasteiger partial charge in [-0.05, 0) is 50.0 Å². The van der Waals surface area contributed by atoms with Crippen molar-refractivity contribution in [2.75, 3.05) is 0 Å². The van der Waals surface area contributed by atoms with Crippen LogP contribution in [0.25, 0.3) is 0 Å². The zero-order valence-electron chi connectivity index (χ0n) is 13.2. The third-order valence-corrected chi connectivity index (χ3v) is 2.86. The molecule has 1 rings (SSSR count). The van der Waals surface area contributed by atoms with Gasteiger partial charge in [0.15, 0.2) is 0 Å². The second kappa shape index (κ2) is 9.33. The molecule has 0 radical (unpaired) electrons. The molecule has 0 bridgehead atoms. The number of hydrogen-bond acceptors (Lipinski definition) is 5. The van der Waals surface area contributed by atoms with E-state index in [4.69, 9.17) is 10.3 Å². The summed E-state index contributed by atoms with van der Waals surface area (Å²) in [5, 5.41) is 29.4. The molecule has 1 aromatic carbocycles. The van der Waals surface area contributed by atoms with Crippen molar-refractivity contribution in [3.63, 3.8) is 0 Å². The van der Waals surface area contributed by atoms with Crippen molar-refractivity contribution in [2.24, 2.45) is 0 Å². The Morgan fingerprint density at radius 3 is 2.21 bits per heavy atom. The third-order valence-electron chi connectivity index (χ3n) is 2.86. The van der Waals surface area contributed by atoms with Gasteiger partial charge in [0.05, 0.1) is 6.10 Å². The lowest BCUT2D eigenvalue weighted by Crippen LogP contribution is -2.51. The van der Waals surface area contributed by atoms with Crippen LogP contribution in [0, 0.1) is 23.7 Å². The van der Waals surface area contributed by atoms with E-state index in [1.165, 1.54) is 31.5 Å². The Labute approximate surface area is 139 Å². The summed E-state index contributed by atoms with van der Waals surface area (Å²) in [7, 11) is 0. The average molecular weight is 330 g/mol. The van der Waals surface area contributed by atoms with Crippen molar-refractivity contribution in [1.29, 1.82) is 0 Å². The maximum atomic E-state index is 12.1. The van der Waals surface area contributed by atoms with Crippen molar-refractivity contribution in [1.82, 2.24) is 10.8 Å². The van der Waals surface area contributed by atoms with Crippen LogP contribution in [0.2, 0.25) is 0 Å². The van der Waals surface area contributed by atoms with Gasteiger partial charge in [0.25, 0.3) is 11.8 Å². The Morgan fingerprint density at radius 2 is 1.71 bits per heavy atom. The molecule has 1 unspecified atom stereocenters. The Balaban J connectivity index is 2.80. The minimum absolute atomic E-state index is 0.256. The molecule has 126 valence electrons. The van der Waals surface area contributed by atoms with Crippen molar-refractivity contribution in [3.05, 3.63) is 35.4 Å². The highest BCUT2D eigenvalue weighted by atomic mass is 16.5. The van der Waals surface area contributed by atoms with E-state index >= 15 is 0 Å². The van der Waals surface area contributed by atoms with Crippen molar-refractivity contribution < 1.29 is 25.0 Å². The molecule has 0 spiro atoms. The van der Waals surface area contributed by atoms with E-state index < -0.39 is 30.1 Å². The average Bonchev–Trinajstić information content (AvgIpc) is 2.55. The number of hydroxylamine groups is 1. The molecule has 0 heterocycles. The third kappa shape index (κ3) is 6.11. The van der Waals surface area contributed by atoms with Crippen LogP contribution in [-0.2, 0) is 4.79 Å². The lowest BCUT2D eigenvalue weighted by molar-refractivity contribution is -0.133. The van der Waals surface area contributed by atoms with E-state index in [9.17, 15) is 14.7 Å². The Morgan fingerprint density at radius 1 is 1.08 bits per heavy atom. The normalized spacial score (nSPS) is 13.2. The maximum absolute atomic E-state index is 12.1. The topological polar surface area (TPSA) is 119 Å². The summed E-state index contributed by atoms with van der Waals surface area (Å²) >= 11 is 0. The summed E-state index contributed by atoms with van der Waals surface area (Å²) in [6.45, 7) is 2.84. The number of amides is 2. The largest absolute Gasteiger partial charge is 0.391 e. The predicted octanol–water partition coefficient (Wildman–Crippen LogP) is -0.593. The fourth-order valence-corrected chi connectivity index (χ4v) is 1.65. The standard InChI is InChI=1S/C17H18N2O5/c1-11(20)5-3-4-6-13-7-9-14(10-8-13)16(22)18-15(12(2)21)17(23)19-24/h7-12,15,20-21,24H,1-2H3,(H,18,22)(H,19,23)/t11-,12+,15?/m0/s1. The molecule has 3 atom stereocenters. The monoisotopic (exact) mass is 330 g/mol. The fraction of sp³-hybridized carbons (Fsp3) is 0.294. The van der Waals surface area contributed by atoms with Crippen LogP contribution in [0.4, 0.5) is 0 Å². The number of hydrogen-bond donors (Lipinski definition) is 5. The van der Waals surface area contributed by atoms with Gasteiger partial charge in [-0.1, -0.05) is 11.8 Å². The number of nitrogens with one attached hydrogen (secondary N) is 2. The highest BCUT2D eigenvalue weighted by Gasteiger charge is 2.25. The quantitative estimate of drug-likeness (QED) is 0.287. The van der Waals surface area contributed by atoms with Gasteiger partial charge < -0.3 is 15.5 Å². The van der Waals surface area contributed by atoms with Crippen LogP contribution in [0.15, 0.2) is 24.3 Å². The molecule has 1 aromatic rings. The summed E-state index contributed by atoms with van der Waals surface area (Å²) in [4.78, 5) is 23.4. The van der Waals surface area contributed by atoms with Crippen molar-refractivity contribution >= 4 is 11.8 Å². The lowest BCUT2D eigenvalue weighted by atomic mass is 10.1. The maximum Gasteiger partial charge on any atom is 0.268 e. The molecule has 2 amide bonds. The van der Waals surface area contributed by atoms with Gasteiger partial charge in [-0.15, -0.1) is 0 Å². The zero-order chi connectivity index (χ0) is 18.1. The minimum atomic E-state index is -1.28. The Kier molecular flexibility index (Phi) is 7.47. The second-order valence-corrected chi connectivity index (χ2v) is 4.94. The van der Waals surface area contributed by atoms with Crippen molar-refractivity contribution in [2.45, 2.75) is 32.1 Å². The van der Waals surface area contributed by atoms with Crippen LogP contribution in [-0.4, -0.2) is 45.5 Å². The highest BCUT2D eigenvalue weighted by molar-refractivity contribution is 5.97.